The number of nitrogens with one attached hydrogen (secondary N) is 1. The monoisotopic (exact) mass is 158 g/mol. The fraction of sp³-hybridized carbons (Fsp3) is 1.00. The number of hydrogen-bond donors (Lipinski definition) is 1. The Kier molecular flexibility index (Phi) is 2.86. The SMILES string of the molecule is CS[C@@H]1CNC[C@H]1N=[N+]=[N-]. The second-order valence-corrected chi connectivity index (χ2v) is 3.28. The van der Waals surface area contributed by atoms with Crippen molar-refractivity contribution in [3.63, 3.8) is 0 Å². The van der Waals surface area contributed by atoms with Crippen molar-refractivity contribution >= 4 is 11.8 Å². The fourth-order valence-corrected chi connectivity index (χ4v) is 1.81. The summed E-state index contributed by atoms with van der Waals surface area (Å²) in [5.74, 6) is 0. The van der Waals surface area contributed by atoms with Crippen LogP contribution in [-0.2, 0) is 0 Å². The Morgan fingerprint density at radius 1 is 1.70 bits per heavy atom. The summed E-state index contributed by atoms with van der Waals surface area (Å²) in [5, 5.41) is 7.31. The maximum Gasteiger partial charge on any atom is 0.0629 e. The Hall–Kier alpha value is -0.380. The lowest BCUT2D eigenvalue weighted by Gasteiger charge is -2.08. The van der Waals surface area contributed by atoms with Gasteiger partial charge in [0.25, 0.3) is 0 Å². The summed E-state index contributed by atoms with van der Waals surface area (Å²) >= 11 is 1.75. The maximum atomic E-state index is 8.16. The van der Waals surface area contributed by atoms with E-state index in [4.69, 9.17) is 5.53 Å². The minimum Gasteiger partial charge on any atom is -0.315 e. The van der Waals surface area contributed by atoms with E-state index in [0.29, 0.717) is 5.25 Å². The van der Waals surface area contributed by atoms with Gasteiger partial charge in [-0.3, -0.25) is 0 Å². The minimum atomic E-state index is 0.153. The topological polar surface area (TPSA) is 60.8 Å². The lowest BCUT2D eigenvalue weighted by atomic mass is 10.3. The van der Waals surface area contributed by atoms with Crippen molar-refractivity contribution in [1.82, 2.24) is 5.32 Å². The molecule has 1 heterocycles. The predicted molar refractivity (Wildman–Crippen MR) is 43.1 cm³/mol. The molecule has 10 heavy (non-hydrogen) atoms. The number of azide groups is 1. The highest BCUT2D eigenvalue weighted by Crippen LogP contribution is 2.17. The molecule has 5 heteroatoms. The third-order valence-corrected chi connectivity index (χ3v) is 2.72. The molecule has 1 fully saturated rings. The zero-order valence-corrected chi connectivity index (χ0v) is 6.64. The third kappa shape index (κ3) is 1.56. The second-order valence-electron chi connectivity index (χ2n) is 2.20. The molecule has 1 rings (SSSR count). The van der Waals surface area contributed by atoms with Gasteiger partial charge in [-0.15, -0.1) is 0 Å². The highest BCUT2D eigenvalue weighted by atomic mass is 32.2. The molecule has 0 aliphatic carbocycles. The first-order valence-electron chi connectivity index (χ1n) is 3.16. The van der Waals surface area contributed by atoms with E-state index in [2.05, 4.69) is 15.3 Å². The maximum absolute atomic E-state index is 8.16. The van der Waals surface area contributed by atoms with Crippen LogP contribution in [0.3, 0.4) is 0 Å². The Morgan fingerprint density at radius 2 is 2.50 bits per heavy atom. The number of nitrogens with zero attached hydrogens (tertiary/aromatic N) is 3. The van der Waals surface area contributed by atoms with Gasteiger partial charge in [0.2, 0.25) is 0 Å². The van der Waals surface area contributed by atoms with E-state index in [1.807, 2.05) is 6.26 Å². The standard InChI is InChI=1S/C5H10N4S/c1-10-5-3-7-2-4(5)8-9-6/h4-5,7H,2-3H2,1H3/t4-,5-/m1/s1. The van der Waals surface area contributed by atoms with Gasteiger partial charge in [-0.25, -0.2) is 0 Å². The van der Waals surface area contributed by atoms with E-state index in [0.717, 1.165) is 13.1 Å². The summed E-state index contributed by atoms with van der Waals surface area (Å²) in [6.45, 7) is 1.79. The Morgan fingerprint density at radius 3 is 3.10 bits per heavy atom. The normalized spacial score (nSPS) is 31.7. The quantitative estimate of drug-likeness (QED) is 0.370. The zero-order valence-electron chi connectivity index (χ0n) is 5.82. The van der Waals surface area contributed by atoms with E-state index >= 15 is 0 Å². The lowest BCUT2D eigenvalue weighted by Crippen LogP contribution is -2.17. The van der Waals surface area contributed by atoms with E-state index in [1.54, 1.807) is 11.8 Å². The summed E-state index contributed by atoms with van der Waals surface area (Å²) in [4.78, 5) is 2.79. The molecular weight excluding hydrogens is 148 g/mol. The first-order valence-corrected chi connectivity index (χ1v) is 4.45. The van der Waals surface area contributed by atoms with Crippen LogP contribution in [0.25, 0.3) is 10.4 Å². The first kappa shape index (κ1) is 7.72. The minimum absolute atomic E-state index is 0.153. The van der Waals surface area contributed by atoms with Crippen molar-refractivity contribution in [3.05, 3.63) is 10.4 Å². The van der Waals surface area contributed by atoms with Gasteiger partial charge in [-0.2, -0.15) is 11.8 Å². The van der Waals surface area contributed by atoms with Crippen LogP contribution in [0.1, 0.15) is 0 Å². The average molecular weight is 158 g/mol. The summed E-state index contributed by atoms with van der Waals surface area (Å²) in [5.41, 5.74) is 8.16. The first-order chi connectivity index (χ1) is 4.88. The molecule has 0 bridgehead atoms. The average Bonchev–Trinajstić information content (AvgIpc) is 2.36. The van der Waals surface area contributed by atoms with Crippen molar-refractivity contribution < 1.29 is 0 Å². The molecule has 0 saturated carbocycles. The van der Waals surface area contributed by atoms with E-state index in [-0.39, 0.29) is 6.04 Å². The van der Waals surface area contributed by atoms with Gasteiger partial charge in [0, 0.05) is 23.3 Å². The zero-order chi connectivity index (χ0) is 7.40. The summed E-state index contributed by atoms with van der Waals surface area (Å²) in [6.07, 6.45) is 2.04. The molecule has 1 aliphatic rings. The van der Waals surface area contributed by atoms with Crippen LogP contribution in [0, 0.1) is 0 Å². The Labute approximate surface area is 64.0 Å². The highest BCUT2D eigenvalue weighted by molar-refractivity contribution is 7.99. The van der Waals surface area contributed by atoms with E-state index < -0.39 is 0 Å². The summed E-state index contributed by atoms with van der Waals surface area (Å²) in [7, 11) is 0. The molecule has 1 N–H and O–H groups in total. The van der Waals surface area contributed by atoms with Gasteiger partial charge in [-0.05, 0) is 11.8 Å². The molecule has 0 aromatic carbocycles. The third-order valence-electron chi connectivity index (χ3n) is 1.63. The lowest BCUT2D eigenvalue weighted by molar-refractivity contribution is 0.745. The molecular formula is C5H10N4S. The van der Waals surface area contributed by atoms with Crippen molar-refractivity contribution in [1.29, 1.82) is 0 Å². The molecule has 2 atom stereocenters. The smallest absolute Gasteiger partial charge is 0.0629 e. The molecule has 0 radical (unpaired) electrons. The summed E-state index contributed by atoms with van der Waals surface area (Å²) in [6, 6.07) is 0.153. The summed E-state index contributed by atoms with van der Waals surface area (Å²) < 4.78 is 0. The van der Waals surface area contributed by atoms with Crippen LogP contribution in [0.15, 0.2) is 5.11 Å². The van der Waals surface area contributed by atoms with Crippen molar-refractivity contribution in [2.45, 2.75) is 11.3 Å². The van der Waals surface area contributed by atoms with Crippen molar-refractivity contribution in [2.24, 2.45) is 5.11 Å². The molecule has 56 valence electrons. The van der Waals surface area contributed by atoms with Crippen molar-refractivity contribution in [2.75, 3.05) is 19.3 Å². The van der Waals surface area contributed by atoms with Gasteiger partial charge < -0.3 is 5.32 Å². The van der Waals surface area contributed by atoms with Crippen LogP contribution < -0.4 is 5.32 Å². The van der Waals surface area contributed by atoms with Crippen LogP contribution >= 0.6 is 11.8 Å². The van der Waals surface area contributed by atoms with Gasteiger partial charge >= 0.3 is 0 Å². The van der Waals surface area contributed by atoms with Gasteiger partial charge in [0.05, 0.1) is 6.04 Å². The highest BCUT2D eigenvalue weighted by Gasteiger charge is 2.24. The second kappa shape index (κ2) is 3.71. The molecule has 0 spiro atoms. The van der Waals surface area contributed by atoms with Gasteiger partial charge in [-0.1, -0.05) is 5.11 Å². The van der Waals surface area contributed by atoms with E-state index in [1.165, 1.54) is 0 Å². The molecule has 0 aromatic rings. The molecule has 0 aromatic heterocycles. The van der Waals surface area contributed by atoms with Gasteiger partial charge in [0.15, 0.2) is 0 Å². The van der Waals surface area contributed by atoms with E-state index in [9.17, 15) is 0 Å². The van der Waals surface area contributed by atoms with Gasteiger partial charge in [0.1, 0.15) is 0 Å². The molecule has 1 aliphatic heterocycles. The predicted octanol–water partition coefficient (Wildman–Crippen LogP) is 1.00. The number of thioether (sulfide) groups is 1. The van der Waals surface area contributed by atoms with Crippen molar-refractivity contribution in [3.8, 4) is 0 Å². The largest absolute Gasteiger partial charge is 0.315 e. The van der Waals surface area contributed by atoms with Crippen LogP contribution in [-0.4, -0.2) is 30.6 Å². The fourth-order valence-electron chi connectivity index (χ4n) is 1.06. The van der Waals surface area contributed by atoms with Crippen LogP contribution in [0.2, 0.25) is 0 Å². The molecule has 4 nitrogen and oxygen atoms in total. The van der Waals surface area contributed by atoms with Crippen LogP contribution in [0.5, 0.6) is 0 Å². The molecule has 0 unspecified atom stereocenters. The Bertz CT molecular complexity index is 154. The number of hydrogen-bond acceptors (Lipinski definition) is 3. The molecule has 1 saturated heterocycles. The number of rotatable bonds is 2. The molecule has 0 amide bonds. The van der Waals surface area contributed by atoms with Crippen LogP contribution in [0.4, 0.5) is 0 Å². The Balaban J connectivity index is 2.49.